The summed E-state index contributed by atoms with van der Waals surface area (Å²) in [5, 5.41) is 10.1. The molecule has 1 N–H and O–H groups in total. The summed E-state index contributed by atoms with van der Waals surface area (Å²) < 4.78 is 63.7. The van der Waals surface area contributed by atoms with Crippen LogP contribution in [0.15, 0.2) is 176 Å². The van der Waals surface area contributed by atoms with Crippen molar-refractivity contribution in [2.75, 3.05) is 13.2 Å². The summed E-state index contributed by atoms with van der Waals surface area (Å²) in [5.41, 5.74) is 6.50. The smallest absolute Gasteiger partial charge is 0.315 e. The zero-order valence-corrected chi connectivity index (χ0v) is 62.8. The van der Waals surface area contributed by atoms with Gasteiger partial charge in [-0.15, -0.1) is 21.8 Å². The number of esters is 3. The van der Waals surface area contributed by atoms with Crippen molar-refractivity contribution in [2.24, 2.45) is 87.8 Å². The Morgan fingerprint density at radius 2 is 0.910 bits per heavy atom. The van der Waals surface area contributed by atoms with Crippen molar-refractivity contribution in [1.82, 2.24) is 15.0 Å². The molecule has 3 saturated carbocycles. The quantitative estimate of drug-likeness (QED) is 0.0365. The number of halogens is 4. The number of aromatic nitrogens is 3. The van der Waals surface area contributed by atoms with Crippen molar-refractivity contribution in [2.45, 2.75) is 126 Å². The molecule has 3 aliphatic heterocycles. The minimum absolute atomic E-state index is 0.0131. The van der Waals surface area contributed by atoms with Crippen molar-refractivity contribution >= 4 is 63.5 Å². The number of rotatable bonds is 14. The molecule has 3 saturated heterocycles. The summed E-state index contributed by atoms with van der Waals surface area (Å²) in [6, 6.07) is 41.2. The molecule has 0 unspecified atom stereocenters. The number of carbonyl (C=O) groups is 3. The van der Waals surface area contributed by atoms with Crippen molar-refractivity contribution in [1.29, 1.82) is 0 Å². The van der Waals surface area contributed by atoms with Gasteiger partial charge >= 0.3 is 17.9 Å². The predicted octanol–water partition coefficient (Wildman–Crippen LogP) is 19.3. The molecule has 0 bridgehead atoms. The van der Waals surface area contributed by atoms with Crippen LogP contribution in [0.25, 0.3) is 51.6 Å². The average Bonchev–Trinajstić information content (AvgIpc) is 1.56. The molecule has 13 rings (SSSR count). The largest absolute Gasteiger partial charge is 0.462 e. The molecular formula is C84H97F3IN3O8Si. The fourth-order valence-electron chi connectivity index (χ4n) is 16.6. The Morgan fingerprint density at radius 3 is 1.32 bits per heavy atom. The maximum atomic E-state index is 13.6. The lowest BCUT2D eigenvalue weighted by atomic mass is 9.55. The number of aliphatic hydroxyl groups excluding tert-OH is 1. The number of benzene rings is 4. The number of aliphatic hydroxyl groups is 1. The van der Waals surface area contributed by atoms with E-state index in [0.717, 1.165) is 68.9 Å². The van der Waals surface area contributed by atoms with Gasteiger partial charge in [-0.25, -0.2) is 13.2 Å². The Hall–Kier alpha value is -7.38. The molecule has 18 atom stereocenters. The van der Waals surface area contributed by atoms with E-state index in [4.69, 9.17) is 18.9 Å². The van der Waals surface area contributed by atoms with Crippen molar-refractivity contribution in [3.8, 4) is 33.4 Å². The van der Waals surface area contributed by atoms with Gasteiger partial charge in [0.1, 0.15) is 41.3 Å². The zero-order chi connectivity index (χ0) is 71.8. The summed E-state index contributed by atoms with van der Waals surface area (Å²) in [6.45, 7) is 26.9. The highest BCUT2D eigenvalue weighted by Crippen LogP contribution is 2.58. The monoisotopic (exact) mass is 1490 g/mol. The van der Waals surface area contributed by atoms with Gasteiger partial charge in [0.25, 0.3) is 0 Å². The van der Waals surface area contributed by atoms with Crippen molar-refractivity contribution < 1.29 is 51.6 Å². The third-order valence-electron chi connectivity index (χ3n) is 22.1. The highest BCUT2D eigenvalue weighted by atomic mass is 127. The Kier molecular flexibility index (Phi) is 24.6. The molecule has 6 fully saturated rings. The lowest BCUT2D eigenvalue weighted by molar-refractivity contribution is -0.155. The maximum Gasteiger partial charge on any atom is 0.315 e. The second-order valence-corrected chi connectivity index (χ2v) is 43.9. The summed E-state index contributed by atoms with van der Waals surface area (Å²) in [5.74, 6) is 1.90. The summed E-state index contributed by atoms with van der Waals surface area (Å²) in [7, 11) is 0. The molecule has 0 radical (unpaired) electrons. The molecule has 6 aliphatic rings. The molecule has 3 aromatic heterocycles. The summed E-state index contributed by atoms with van der Waals surface area (Å²) in [4.78, 5) is 51.7. The molecule has 3 aliphatic carbocycles. The lowest BCUT2D eigenvalue weighted by Gasteiger charge is -2.47. The number of ether oxygens (including phenoxy) is 4. The predicted molar refractivity (Wildman–Crippen MR) is 401 cm³/mol. The minimum Gasteiger partial charge on any atom is -0.462 e. The van der Waals surface area contributed by atoms with Crippen LogP contribution in [0, 0.1) is 105 Å². The molecule has 7 aromatic rings. The zero-order valence-electron chi connectivity index (χ0n) is 59.6. The first-order valence-corrected chi connectivity index (χ1v) is 42.0. The third kappa shape index (κ3) is 17.6. The molecule has 0 spiro atoms. The average molecular weight is 1490 g/mol. The Morgan fingerprint density at radius 1 is 0.510 bits per heavy atom. The van der Waals surface area contributed by atoms with E-state index in [0.29, 0.717) is 61.1 Å². The molecule has 4 aromatic carbocycles. The number of fused-ring (bicyclic) bond motifs is 3. The minimum atomic E-state index is -0.810. The molecule has 11 nitrogen and oxygen atoms in total. The van der Waals surface area contributed by atoms with Crippen molar-refractivity contribution in [3.05, 3.63) is 216 Å². The van der Waals surface area contributed by atoms with Gasteiger partial charge in [-0.05, 0) is 188 Å². The van der Waals surface area contributed by atoms with Crippen LogP contribution in [-0.4, -0.2) is 75.1 Å². The molecule has 0 amide bonds. The van der Waals surface area contributed by atoms with Gasteiger partial charge in [-0.3, -0.25) is 29.3 Å². The molecule has 528 valence electrons. The highest BCUT2D eigenvalue weighted by molar-refractivity contribution is 14.1. The molecule has 16 heteroatoms. The highest BCUT2D eigenvalue weighted by Gasteiger charge is 2.63. The first-order chi connectivity index (χ1) is 47.7. The van der Waals surface area contributed by atoms with Crippen LogP contribution in [-0.2, 0) is 39.9 Å². The van der Waals surface area contributed by atoms with Gasteiger partial charge < -0.3 is 24.1 Å². The maximum absolute atomic E-state index is 13.6. The fraction of sp³-hybridized carbons (Fsp3) is 0.429. The second kappa shape index (κ2) is 32.7. The van der Waals surface area contributed by atoms with Gasteiger partial charge in [0, 0.05) is 53.0 Å². The van der Waals surface area contributed by atoms with E-state index in [-0.39, 0.29) is 95.8 Å². The number of nitrogens with zero attached hydrogens (tertiary/aromatic N) is 3. The van der Waals surface area contributed by atoms with E-state index in [2.05, 4.69) is 116 Å². The summed E-state index contributed by atoms with van der Waals surface area (Å²) >= 11 is 2.52. The number of pyridine rings is 3. The fourth-order valence-corrected chi connectivity index (χ4v) is 16.6. The van der Waals surface area contributed by atoms with E-state index in [1.807, 2.05) is 124 Å². The molecule has 6 heterocycles. The number of hydrogen-bond donors (Lipinski definition) is 1. The number of carbonyl (C=O) groups excluding carboxylic acids is 3. The summed E-state index contributed by atoms with van der Waals surface area (Å²) in [6.07, 6.45) is 19.8. The van der Waals surface area contributed by atoms with Gasteiger partial charge in [0.05, 0.1) is 53.7 Å². The van der Waals surface area contributed by atoms with E-state index < -0.39 is 16.4 Å². The third-order valence-corrected chi connectivity index (χ3v) is 22.1. The topological polar surface area (TPSA) is 147 Å². The van der Waals surface area contributed by atoms with Gasteiger partial charge in [-0.2, -0.15) is 0 Å². The normalized spacial score (nSPS) is 30.6. The number of cyclic esters (lactones) is 3. The van der Waals surface area contributed by atoms with E-state index >= 15 is 0 Å². The van der Waals surface area contributed by atoms with Crippen LogP contribution in [0.5, 0.6) is 0 Å². The Balaban J connectivity index is 0.000000158. The van der Waals surface area contributed by atoms with Crippen LogP contribution in [0.3, 0.4) is 0 Å². The number of hydrogen-bond acceptors (Lipinski definition) is 11. The first-order valence-electron chi connectivity index (χ1n) is 35.4. The van der Waals surface area contributed by atoms with Crippen molar-refractivity contribution in [3.63, 3.8) is 0 Å². The Labute approximate surface area is 603 Å². The van der Waals surface area contributed by atoms with Crippen LogP contribution >= 0.6 is 21.8 Å². The number of allylic oxidation sites excluding steroid dienone is 3. The lowest BCUT2D eigenvalue weighted by Crippen LogP contribution is -2.50. The standard InChI is InChI=1S/C32H34FNO3.C25H28FNO3.C24H26FNO2.C3H9ISi/c1-21-17-32(20-36-19-24-8-5-4-6-9-24)30(23(3)37-31(32)35)29(22(21)2)15-14-28-13-12-26(18-34-28)25-10-7-11-27(33)16-25;1-15-12-25(14-28)23(17(3)30-24(25)29)22(16(15)2)10-9-21-8-7-19(13-27-21)18-5-4-6-20(26)11-18;1-14-11-22-23(16(3)28-24(22)27)21(15(14)2)10-9-20-8-7-18(13-26-20)17-5-4-6-19(25)12-17;1-5(2,3)4/h4-16,18,21-23,29-30H,17,19-20H2,1-3H3;4-11,13,15-17,22-23,28H,12,14H2,1-3H3;4-10,12-16,21-23H,11H2,1-3H3;1-3H3/b15-14+;2*10-9+;/t21-,22+,23+,29-,30-,32-;15-,16+,17+,22-,23-,25-;14-,15+,16+,21-,22+,23-;/m000./s1. The molecule has 100 heavy (non-hydrogen) atoms. The van der Waals surface area contributed by atoms with Gasteiger partial charge in [0.2, 0.25) is 0 Å². The van der Waals surface area contributed by atoms with E-state index in [1.54, 1.807) is 36.8 Å². The second-order valence-electron chi connectivity index (χ2n) is 30.0. The van der Waals surface area contributed by atoms with Gasteiger partial charge in [0.15, 0.2) is 0 Å². The van der Waals surface area contributed by atoms with E-state index in [1.165, 1.54) is 36.4 Å². The SMILES string of the molecule is C[C@H]1[C@H](/C=C/c2ccc(-c3cccc(F)c3)cn2)[C@@H]2[C@@H](C)OC(=O)[C@@H]2C[C@@H]1C.C[C@H]1[C@H](/C=C/c2ccc(-c3cccc(F)c3)cn2)[C@@H]2[C@@H](C)OC(=O)[C@]2(CO)C[C@@H]1C.C[C@H]1[C@H](/C=C/c2ccc(-c3cccc(F)c3)cn2)[C@@H]2[C@@H](C)OC(=O)[C@]2(COCc2ccccc2)C[C@@H]1C.C[Si](C)(C)I. The molecular weight excluding hydrogens is 1390 g/mol. The Bertz CT molecular complexity index is 4020. The van der Waals surface area contributed by atoms with Gasteiger partial charge in [-0.1, -0.05) is 164 Å². The van der Waals surface area contributed by atoms with Crippen LogP contribution < -0.4 is 0 Å². The van der Waals surface area contributed by atoms with Crippen LogP contribution in [0.1, 0.15) is 104 Å². The first kappa shape index (κ1) is 75.3. The van der Waals surface area contributed by atoms with E-state index in [9.17, 15) is 32.7 Å². The van der Waals surface area contributed by atoms with Crippen LogP contribution in [0.2, 0.25) is 19.6 Å². The van der Waals surface area contributed by atoms with Crippen LogP contribution in [0.4, 0.5) is 13.2 Å².